The Morgan fingerprint density at radius 2 is 1.74 bits per heavy atom. The van der Waals surface area contributed by atoms with Gasteiger partial charge in [0.25, 0.3) is 0 Å². The second-order valence-corrected chi connectivity index (χ2v) is 7.96. The maximum Gasteiger partial charge on any atom is 0.315 e. The van der Waals surface area contributed by atoms with E-state index in [0.717, 1.165) is 5.56 Å². The molecule has 0 aromatic heterocycles. The predicted molar refractivity (Wildman–Crippen MR) is 121 cm³/mol. The van der Waals surface area contributed by atoms with Gasteiger partial charge >= 0.3 is 6.03 Å². The molecular weight excluding hydrogens is 418 g/mol. The molecular formula is C23H30ClN3O4. The first-order chi connectivity index (χ1) is 14.7. The van der Waals surface area contributed by atoms with Crippen molar-refractivity contribution in [1.29, 1.82) is 0 Å². The summed E-state index contributed by atoms with van der Waals surface area (Å²) in [6, 6.07) is 11.4. The molecule has 2 atom stereocenters. The number of hydrogen-bond acceptors (Lipinski definition) is 4. The number of ether oxygens (including phenoxy) is 1. The van der Waals surface area contributed by atoms with Gasteiger partial charge < -0.3 is 25.8 Å². The van der Waals surface area contributed by atoms with Crippen LogP contribution in [0.15, 0.2) is 42.5 Å². The Balaban J connectivity index is 1.94. The van der Waals surface area contributed by atoms with Gasteiger partial charge in [-0.2, -0.15) is 0 Å². The fourth-order valence-corrected chi connectivity index (χ4v) is 3.08. The number of carbonyl (C=O) groups excluding carboxylic acids is 2. The van der Waals surface area contributed by atoms with Crippen LogP contribution < -0.4 is 20.7 Å². The molecule has 0 spiro atoms. The van der Waals surface area contributed by atoms with E-state index in [1.165, 1.54) is 0 Å². The van der Waals surface area contributed by atoms with Gasteiger partial charge in [-0.15, -0.1) is 0 Å². The largest absolute Gasteiger partial charge is 0.456 e. The molecule has 8 heteroatoms. The number of benzene rings is 2. The first-order valence-electron chi connectivity index (χ1n) is 10.3. The number of aliphatic hydroxyl groups excluding tert-OH is 1. The summed E-state index contributed by atoms with van der Waals surface area (Å²) in [4.78, 5) is 24.3. The van der Waals surface area contributed by atoms with E-state index in [1.807, 2.05) is 32.9 Å². The lowest BCUT2D eigenvalue weighted by Gasteiger charge is -2.21. The van der Waals surface area contributed by atoms with Gasteiger partial charge in [-0.3, -0.25) is 4.79 Å². The summed E-state index contributed by atoms with van der Waals surface area (Å²) in [5.74, 6) is 0.790. The highest BCUT2D eigenvalue weighted by Crippen LogP contribution is 2.31. The highest BCUT2D eigenvalue weighted by atomic mass is 35.5. The molecule has 0 bridgehead atoms. The third-order valence-corrected chi connectivity index (χ3v) is 4.92. The fraction of sp³-hybridized carbons (Fsp3) is 0.391. The van der Waals surface area contributed by atoms with E-state index >= 15 is 0 Å². The van der Waals surface area contributed by atoms with Crippen LogP contribution in [0.5, 0.6) is 11.5 Å². The molecule has 31 heavy (non-hydrogen) atoms. The molecule has 2 rings (SSSR count). The summed E-state index contributed by atoms with van der Waals surface area (Å²) < 4.78 is 5.81. The van der Waals surface area contributed by atoms with Crippen LogP contribution in [0.2, 0.25) is 5.02 Å². The Morgan fingerprint density at radius 3 is 2.29 bits per heavy atom. The topological polar surface area (TPSA) is 99.7 Å². The SMILES string of the molecule is CCNC(=O)NC(C(=O)NCc1ccc(Oc2ccc(C(C)O)cc2Cl)cc1)C(C)C. The maximum atomic E-state index is 12.5. The summed E-state index contributed by atoms with van der Waals surface area (Å²) in [5.41, 5.74) is 1.60. The lowest BCUT2D eigenvalue weighted by atomic mass is 10.0. The van der Waals surface area contributed by atoms with Crippen molar-refractivity contribution in [2.75, 3.05) is 6.54 Å². The minimum absolute atomic E-state index is 0.0525. The highest BCUT2D eigenvalue weighted by molar-refractivity contribution is 6.32. The van der Waals surface area contributed by atoms with E-state index in [2.05, 4.69) is 16.0 Å². The van der Waals surface area contributed by atoms with E-state index in [0.29, 0.717) is 35.2 Å². The number of hydrogen-bond donors (Lipinski definition) is 4. The highest BCUT2D eigenvalue weighted by Gasteiger charge is 2.23. The monoisotopic (exact) mass is 447 g/mol. The number of nitrogens with one attached hydrogen (secondary N) is 3. The third-order valence-electron chi connectivity index (χ3n) is 4.63. The van der Waals surface area contributed by atoms with E-state index in [1.54, 1.807) is 37.3 Å². The summed E-state index contributed by atoms with van der Waals surface area (Å²) in [7, 11) is 0. The van der Waals surface area contributed by atoms with Crippen LogP contribution in [0.4, 0.5) is 4.79 Å². The standard InChI is InChI=1S/C23H30ClN3O4/c1-5-25-23(30)27-21(14(2)3)22(29)26-13-16-6-9-18(10-7-16)31-20-11-8-17(15(4)28)12-19(20)24/h6-12,14-15,21,28H,5,13H2,1-4H3,(H,26,29)(H2,25,27,30). The molecule has 2 unspecified atom stereocenters. The summed E-state index contributed by atoms with van der Waals surface area (Å²) >= 11 is 6.23. The van der Waals surface area contributed by atoms with Gasteiger partial charge in [0.05, 0.1) is 11.1 Å². The lowest BCUT2D eigenvalue weighted by Crippen LogP contribution is -2.52. The molecule has 0 aliphatic rings. The molecule has 2 aromatic rings. The molecule has 2 aromatic carbocycles. The van der Waals surface area contributed by atoms with Crippen LogP contribution in [-0.2, 0) is 11.3 Å². The van der Waals surface area contributed by atoms with Crippen LogP contribution >= 0.6 is 11.6 Å². The summed E-state index contributed by atoms with van der Waals surface area (Å²) in [6.45, 7) is 8.05. The van der Waals surface area contributed by atoms with Crippen molar-refractivity contribution in [2.45, 2.75) is 46.4 Å². The van der Waals surface area contributed by atoms with Gasteiger partial charge in [-0.25, -0.2) is 4.79 Å². The molecule has 3 amide bonds. The van der Waals surface area contributed by atoms with Crippen molar-refractivity contribution in [3.05, 3.63) is 58.6 Å². The zero-order chi connectivity index (χ0) is 23.0. The molecule has 0 aliphatic carbocycles. The molecule has 0 heterocycles. The molecule has 0 saturated carbocycles. The quantitative estimate of drug-likeness (QED) is 0.464. The van der Waals surface area contributed by atoms with E-state index in [4.69, 9.17) is 16.3 Å². The smallest absolute Gasteiger partial charge is 0.315 e. The van der Waals surface area contributed by atoms with E-state index < -0.39 is 12.1 Å². The molecule has 0 fully saturated rings. The van der Waals surface area contributed by atoms with E-state index in [9.17, 15) is 14.7 Å². The lowest BCUT2D eigenvalue weighted by molar-refractivity contribution is -0.124. The van der Waals surface area contributed by atoms with Crippen LogP contribution in [0, 0.1) is 5.92 Å². The molecule has 4 N–H and O–H groups in total. The van der Waals surface area contributed by atoms with E-state index in [-0.39, 0.29) is 17.9 Å². The molecule has 7 nitrogen and oxygen atoms in total. The predicted octanol–water partition coefficient (Wildman–Crippen LogP) is 4.15. The number of halogens is 1. The number of amides is 3. The fourth-order valence-electron chi connectivity index (χ4n) is 2.85. The minimum atomic E-state index is -0.624. The van der Waals surface area contributed by atoms with Gasteiger partial charge in [0.2, 0.25) is 5.91 Å². The third kappa shape index (κ3) is 7.45. The Hall–Kier alpha value is -2.77. The number of aliphatic hydroxyl groups is 1. The Morgan fingerprint density at radius 1 is 1.06 bits per heavy atom. The number of urea groups is 1. The van der Waals surface area contributed by atoms with Crippen molar-refractivity contribution in [2.24, 2.45) is 5.92 Å². The second-order valence-electron chi connectivity index (χ2n) is 7.56. The van der Waals surface area contributed by atoms with Crippen molar-refractivity contribution in [1.82, 2.24) is 16.0 Å². The molecule has 168 valence electrons. The number of rotatable bonds is 9. The van der Waals surface area contributed by atoms with Crippen molar-refractivity contribution in [3.8, 4) is 11.5 Å². The molecule has 0 radical (unpaired) electrons. The Labute approximate surface area is 188 Å². The maximum absolute atomic E-state index is 12.5. The Kier molecular flexibility index (Phi) is 9.15. The van der Waals surface area contributed by atoms with Gasteiger partial charge in [-0.05, 0) is 55.2 Å². The average Bonchev–Trinajstić information content (AvgIpc) is 2.72. The van der Waals surface area contributed by atoms with Crippen molar-refractivity contribution >= 4 is 23.5 Å². The van der Waals surface area contributed by atoms with Crippen molar-refractivity contribution in [3.63, 3.8) is 0 Å². The van der Waals surface area contributed by atoms with Crippen molar-refractivity contribution < 1.29 is 19.4 Å². The minimum Gasteiger partial charge on any atom is -0.456 e. The first kappa shape index (κ1) is 24.5. The summed E-state index contributed by atoms with van der Waals surface area (Å²) in [5, 5.41) is 18.2. The Bertz CT molecular complexity index is 885. The van der Waals surface area contributed by atoms with Gasteiger partial charge in [0, 0.05) is 13.1 Å². The zero-order valence-corrected chi connectivity index (χ0v) is 19.0. The normalized spacial score (nSPS) is 12.7. The first-order valence-corrected chi connectivity index (χ1v) is 10.7. The molecule has 0 saturated heterocycles. The van der Waals surface area contributed by atoms with Gasteiger partial charge in [0.1, 0.15) is 17.5 Å². The average molecular weight is 448 g/mol. The van der Waals surface area contributed by atoms with Crippen LogP contribution in [0.3, 0.4) is 0 Å². The summed E-state index contributed by atoms with van der Waals surface area (Å²) in [6.07, 6.45) is -0.604. The zero-order valence-electron chi connectivity index (χ0n) is 18.2. The van der Waals surface area contributed by atoms with Gasteiger partial charge in [-0.1, -0.05) is 43.6 Å². The molecule has 0 aliphatic heterocycles. The second kappa shape index (κ2) is 11.6. The van der Waals surface area contributed by atoms with Crippen LogP contribution in [0.1, 0.15) is 44.9 Å². The van der Waals surface area contributed by atoms with Crippen LogP contribution in [0.25, 0.3) is 0 Å². The number of carbonyl (C=O) groups is 2. The van der Waals surface area contributed by atoms with Crippen LogP contribution in [-0.4, -0.2) is 29.6 Å². The van der Waals surface area contributed by atoms with Gasteiger partial charge in [0.15, 0.2) is 0 Å².